The Balaban J connectivity index is 1.20. The number of aromatic nitrogens is 2. The summed E-state index contributed by atoms with van der Waals surface area (Å²) in [6.07, 6.45) is 3.94. The van der Waals surface area contributed by atoms with Gasteiger partial charge in [-0.1, -0.05) is 24.3 Å². The van der Waals surface area contributed by atoms with E-state index in [2.05, 4.69) is 39.5 Å². The van der Waals surface area contributed by atoms with Crippen molar-refractivity contribution in [3.63, 3.8) is 0 Å². The lowest BCUT2D eigenvalue weighted by atomic mass is 10.0. The van der Waals surface area contributed by atoms with Crippen molar-refractivity contribution < 1.29 is 9.53 Å². The Morgan fingerprint density at radius 2 is 1.89 bits per heavy atom. The Labute approximate surface area is 216 Å². The topological polar surface area (TPSA) is 102 Å². The molecule has 1 saturated heterocycles. The van der Waals surface area contributed by atoms with E-state index in [4.69, 9.17) is 10.5 Å². The molecule has 4 aromatic rings. The number of piperidine rings is 1. The third kappa shape index (κ3) is 5.72. The summed E-state index contributed by atoms with van der Waals surface area (Å²) in [5.41, 5.74) is 9.55. The third-order valence-electron chi connectivity index (χ3n) is 7.24. The summed E-state index contributed by atoms with van der Waals surface area (Å²) in [6.45, 7) is 4.53. The first-order chi connectivity index (χ1) is 18.0. The van der Waals surface area contributed by atoms with Gasteiger partial charge in [0.25, 0.3) is 5.56 Å². The van der Waals surface area contributed by atoms with Gasteiger partial charge in [0.2, 0.25) is 5.91 Å². The molecule has 0 aliphatic carbocycles. The summed E-state index contributed by atoms with van der Waals surface area (Å²) in [4.78, 5) is 31.7. The molecule has 0 radical (unpaired) electrons. The summed E-state index contributed by atoms with van der Waals surface area (Å²) in [5.74, 6) is -0.594. The van der Waals surface area contributed by atoms with Crippen molar-refractivity contribution in [3.8, 4) is 0 Å². The molecule has 8 nitrogen and oxygen atoms in total. The van der Waals surface area contributed by atoms with Crippen LogP contribution in [0.3, 0.4) is 0 Å². The van der Waals surface area contributed by atoms with Gasteiger partial charge in [0.05, 0.1) is 23.2 Å². The number of carbonyl (C=O) groups is 1. The zero-order chi connectivity index (χ0) is 25.8. The predicted octanol–water partition coefficient (Wildman–Crippen LogP) is 3.05. The lowest BCUT2D eigenvalue weighted by Gasteiger charge is -2.32. The average Bonchev–Trinajstić information content (AvgIpc) is 2.91. The van der Waals surface area contributed by atoms with Gasteiger partial charge < -0.3 is 25.3 Å². The number of nitrogens with one attached hydrogen (secondary N) is 1. The first-order valence-electron chi connectivity index (χ1n) is 12.8. The number of carbonyl (C=O) groups excluding carboxylic acids is 1. The van der Waals surface area contributed by atoms with Crippen LogP contribution in [0.5, 0.6) is 0 Å². The van der Waals surface area contributed by atoms with Crippen LogP contribution < -0.4 is 16.6 Å². The fourth-order valence-electron chi connectivity index (χ4n) is 5.22. The first kappa shape index (κ1) is 25.1. The number of likely N-dealkylation sites (tertiary alicyclic amines) is 1. The van der Waals surface area contributed by atoms with E-state index in [1.165, 1.54) is 11.6 Å². The lowest BCUT2D eigenvalue weighted by Crippen LogP contribution is -2.43. The van der Waals surface area contributed by atoms with E-state index < -0.39 is 5.91 Å². The summed E-state index contributed by atoms with van der Waals surface area (Å²) in [6, 6.07) is 18.0. The smallest absolute Gasteiger partial charge is 0.251 e. The molecule has 1 fully saturated rings. The molecule has 0 unspecified atom stereocenters. The fourth-order valence-corrected chi connectivity index (χ4v) is 5.22. The minimum Gasteiger partial charge on any atom is -0.380 e. The lowest BCUT2D eigenvalue weighted by molar-refractivity contribution is 0.100. The Morgan fingerprint density at radius 3 is 2.68 bits per heavy atom. The van der Waals surface area contributed by atoms with E-state index >= 15 is 0 Å². The van der Waals surface area contributed by atoms with Gasteiger partial charge >= 0.3 is 0 Å². The highest BCUT2D eigenvalue weighted by molar-refractivity contribution is 6.05. The Kier molecular flexibility index (Phi) is 7.60. The molecule has 2 aromatic carbocycles. The number of methoxy groups -OCH3 is 1. The molecule has 2 aromatic heterocycles. The molecule has 8 heteroatoms. The minimum atomic E-state index is -0.594. The van der Waals surface area contributed by atoms with Crippen LogP contribution in [0.4, 0.5) is 0 Å². The highest BCUT2D eigenvalue weighted by atomic mass is 16.5. The van der Waals surface area contributed by atoms with Gasteiger partial charge in [-0.05, 0) is 61.3 Å². The van der Waals surface area contributed by atoms with Crippen LogP contribution in [-0.4, -0.2) is 53.1 Å². The number of benzene rings is 2. The van der Waals surface area contributed by atoms with Gasteiger partial charge in [0.15, 0.2) is 0 Å². The molecule has 3 N–H and O–H groups in total. The predicted molar refractivity (Wildman–Crippen MR) is 145 cm³/mol. The number of hydrogen-bond acceptors (Lipinski definition) is 6. The molecular formula is C29H33N5O3. The fraction of sp³-hybridized carbons (Fsp3) is 0.345. The van der Waals surface area contributed by atoms with Crippen molar-refractivity contribution in [2.75, 3.05) is 26.7 Å². The molecule has 1 aliphatic heterocycles. The van der Waals surface area contributed by atoms with Crippen LogP contribution in [0.15, 0.2) is 65.6 Å². The molecule has 5 rings (SSSR count). The van der Waals surface area contributed by atoms with Crippen molar-refractivity contribution in [1.29, 1.82) is 0 Å². The molecule has 1 aliphatic rings. The number of rotatable bonds is 9. The number of amides is 1. The van der Waals surface area contributed by atoms with Crippen molar-refractivity contribution in [2.45, 2.75) is 38.6 Å². The summed E-state index contributed by atoms with van der Waals surface area (Å²) in [5, 5.41) is 5.57. The van der Waals surface area contributed by atoms with Crippen LogP contribution >= 0.6 is 0 Å². The second kappa shape index (κ2) is 11.2. The molecule has 192 valence electrons. The summed E-state index contributed by atoms with van der Waals surface area (Å²) in [7, 11) is 1.63. The van der Waals surface area contributed by atoms with Gasteiger partial charge in [-0.25, -0.2) is 0 Å². The highest BCUT2D eigenvalue weighted by Crippen LogP contribution is 2.20. The molecule has 3 heterocycles. The standard InChI is InChI=1S/C29H33N5O3/c1-37-19-21-4-6-24-25(29(30)36)17-28(35)34(27(24)16-21)14-13-33-11-8-23(9-12-33)32-18-20-5-7-26-22(15-20)3-2-10-31-26/h2-7,10,15-17,23,32H,8-9,11-14,18-19H2,1H3,(H2,30,36). The van der Waals surface area contributed by atoms with Crippen LogP contribution in [0, 0.1) is 0 Å². The molecule has 1 amide bonds. The zero-order valence-electron chi connectivity index (χ0n) is 21.2. The van der Waals surface area contributed by atoms with Crippen LogP contribution in [-0.2, 0) is 24.4 Å². The normalized spacial score (nSPS) is 14.9. The SMILES string of the molecule is COCc1ccc2c(C(N)=O)cc(=O)n(CCN3CCC(NCc4ccc5ncccc5c4)CC3)c2c1. The number of primary amides is 1. The number of nitrogens with zero attached hydrogens (tertiary/aromatic N) is 3. The maximum absolute atomic E-state index is 12.9. The zero-order valence-corrected chi connectivity index (χ0v) is 21.2. The average molecular weight is 500 g/mol. The number of hydrogen-bond donors (Lipinski definition) is 2. The molecule has 37 heavy (non-hydrogen) atoms. The van der Waals surface area contributed by atoms with E-state index in [-0.39, 0.29) is 11.1 Å². The second-order valence-electron chi connectivity index (χ2n) is 9.72. The van der Waals surface area contributed by atoms with Crippen LogP contribution in [0.1, 0.15) is 34.3 Å². The monoisotopic (exact) mass is 499 g/mol. The molecule has 0 atom stereocenters. The third-order valence-corrected chi connectivity index (χ3v) is 7.24. The van der Waals surface area contributed by atoms with Crippen LogP contribution in [0.2, 0.25) is 0 Å². The molecule has 0 saturated carbocycles. The largest absolute Gasteiger partial charge is 0.380 e. The summed E-state index contributed by atoms with van der Waals surface area (Å²) < 4.78 is 7.01. The second-order valence-corrected chi connectivity index (χ2v) is 9.72. The van der Waals surface area contributed by atoms with Gasteiger partial charge in [-0.15, -0.1) is 0 Å². The van der Waals surface area contributed by atoms with Crippen molar-refractivity contribution in [3.05, 3.63) is 87.8 Å². The quantitative estimate of drug-likeness (QED) is 0.367. The van der Waals surface area contributed by atoms with Crippen molar-refractivity contribution >= 4 is 27.7 Å². The number of pyridine rings is 2. The number of ether oxygens (including phenoxy) is 1. The van der Waals surface area contributed by atoms with E-state index in [0.29, 0.717) is 24.6 Å². The van der Waals surface area contributed by atoms with Gasteiger partial charge in [-0.2, -0.15) is 0 Å². The van der Waals surface area contributed by atoms with Gasteiger partial charge in [0, 0.05) is 55.8 Å². The summed E-state index contributed by atoms with van der Waals surface area (Å²) >= 11 is 0. The van der Waals surface area contributed by atoms with Crippen molar-refractivity contribution in [2.24, 2.45) is 5.73 Å². The number of fused-ring (bicyclic) bond motifs is 2. The van der Waals surface area contributed by atoms with E-state index in [0.717, 1.165) is 61.0 Å². The highest BCUT2D eigenvalue weighted by Gasteiger charge is 2.20. The minimum absolute atomic E-state index is 0.210. The molecule has 0 spiro atoms. The number of nitrogens with two attached hydrogens (primary N) is 1. The maximum Gasteiger partial charge on any atom is 0.251 e. The Hall–Kier alpha value is -3.59. The van der Waals surface area contributed by atoms with E-state index in [1.807, 2.05) is 30.5 Å². The first-order valence-corrected chi connectivity index (χ1v) is 12.8. The molecular weight excluding hydrogens is 466 g/mol. The van der Waals surface area contributed by atoms with Crippen LogP contribution in [0.25, 0.3) is 21.8 Å². The van der Waals surface area contributed by atoms with E-state index in [1.54, 1.807) is 11.7 Å². The van der Waals surface area contributed by atoms with Gasteiger partial charge in [0.1, 0.15) is 0 Å². The molecule has 0 bridgehead atoms. The van der Waals surface area contributed by atoms with Gasteiger partial charge in [-0.3, -0.25) is 14.6 Å². The van der Waals surface area contributed by atoms with E-state index in [9.17, 15) is 9.59 Å². The maximum atomic E-state index is 12.9. The Bertz CT molecular complexity index is 1470. The van der Waals surface area contributed by atoms with Crippen molar-refractivity contribution in [1.82, 2.24) is 19.8 Å². The Morgan fingerprint density at radius 1 is 1.08 bits per heavy atom.